The third-order valence-corrected chi connectivity index (χ3v) is 6.94. The first-order valence-corrected chi connectivity index (χ1v) is 11.9. The van der Waals surface area contributed by atoms with Crippen molar-refractivity contribution in [3.05, 3.63) is 83.9 Å². The Labute approximate surface area is 195 Å². The van der Waals surface area contributed by atoms with Gasteiger partial charge in [-0.1, -0.05) is 29.8 Å². The standard InChI is InChI=1S/C25H28N2O5S/c1-19-4-14-24(15-5-19)33(29,30)27(21-8-12-23(32-3)13-9-21)18-25(28)26-17-16-20-6-10-22(31-2)11-7-20/h4-15H,16-18H2,1-3H3,(H,26,28). The van der Waals surface area contributed by atoms with E-state index in [2.05, 4.69) is 5.32 Å². The van der Waals surface area contributed by atoms with Gasteiger partial charge in [-0.05, 0) is 67.4 Å². The minimum Gasteiger partial charge on any atom is -0.497 e. The Balaban J connectivity index is 1.75. The van der Waals surface area contributed by atoms with Crippen LogP contribution in [-0.2, 0) is 21.2 Å². The molecule has 0 aromatic heterocycles. The molecule has 0 aliphatic carbocycles. The molecule has 0 bridgehead atoms. The summed E-state index contributed by atoms with van der Waals surface area (Å²) in [6.45, 7) is 1.92. The Bertz CT molecular complexity index is 1160. The number of rotatable bonds is 10. The Morgan fingerprint density at radius 2 is 1.39 bits per heavy atom. The van der Waals surface area contributed by atoms with E-state index in [-0.39, 0.29) is 11.4 Å². The number of carbonyl (C=O) groups is 1. The van der Waals surface area contributed by atoms with Crippen LogP contribution >= 0.6 is 0 Å². The van der Waals surface area contributed by atoms with Crippen molar-refractivity contribution >= 4 is 21.6 Å². The van der Waals surface area contributed by atoms with Crippen molar-refractivity contribution in [1.29, 1.82) is 0 Å². The van der Waals surface area contributed by atoms with Crippen LogP contribution in [0.15, 0.2) is 77.7 Å². The predicted molar refractivity (Wildman–Crippen MR) is 128 cm³/mol. The number of hydrogen-bond acceptors (Lipinski definition) is 5. The number of anilines is 1. The lowest BCUT2D eigenvalue weighted by Gasteiger charge is -2.24. The van der Waals surface area contributed by atoms with Gasteiger partial charge in [0.15, 0.2) is 0 Å². The molecule has 0 saturated carbocycles. The van der Waals surface area contributed by atoms with Gasteiger partial charge in [-0.25, -0.2) is 8.42 Å². The number of benzene rings is 3. The van der Waals surface area contributed by atoms with E-state index < -0.39 is 15.9 Å². The highest BCUT2D eigenvalue weighted by Crippen LogP contribution is 2.26. The van der Waals surface area contributed by atoms with Gasteiger partial charge in [0.25, 0.3) is 10.0 Å². The summed E-state index contributed by atoms with van der Waals surface area (Å²) in [5, 5.41) is 2.81. The molecule has 1 N–H and O–H groups in total. The molecule has 3 aromatic rings. The maximum atomic E-state index is 13.4. The largest absolute Gasteiger partial charge is 0.497 e. The van der Waals surface area contributed by atoms with Crippen LogP contribution in [0.2, 0.25) is 0 Å². The molecule has 3 rings (SSSR count). The molecule has 0 unspecified atom stereocenters. The van der Waals surface area contributed by atoms with Gasteiger partial charge in [-0.2, -0.15) is 0 Å². The number of aryl methyl sites for hydroxylation is 1. The molecular formula is C25H28N2O5S. The topological polar surface area (TPSA) is 84.9 Å². The van der Waals surface area contributed by atoms with E-state index in [0.29, 0.717) is 24.4 Å². The third-order valence-electron chi connectivity index (χ3n) is 5.15. The van der Waals surface area contributed by atoms with Gasteiger partial charge >= 0.3 is 0 Å². The lowest BCUT2D eigenvalue weighted by atomic mass is 10.1. The van der Waals surface area contributed by atoms with Crippen LogP contribution in [-0.4, -0.2) is 41.6 Å². The molecule has 0 radical (unpaired) electrons. The van der Waals surface area contributed by atoms with Crippen molar-refractivity contribution in [3.63, 3.8) is 0 Å². The van der Waals surface area contributed by atoms with Crippen LogP contribution in [0.1, 0.15) is 11.1 Å². The number of nitrogens with zero attached hydrogens (tertiary/aromatic N) is 1. The molecule has 0 saturated heterocycles. The number of amides is 1. The molecule has 1 amide bonds. The van der Waals surface area contributed by atoms with Crippen molar-refractivity contribution in [2.24, 2.45) is 0 Å². The molecule has 7 nitrogen and oxygen atoms in total. The second-order valence-corrected chi connectivity index (χ2v) is 9.33. The Morgan fingerprint density at radius 1 is 0.848 bits per heavy atom. The first-order valence-electron chi connectivity index (χ1n) is 10.5. The highest BCUT2D eigenvalue weighted by Gasteiger charge is 2.27. The molecule has 0 fully saturated rings. The summed E-state index contributed by atoms with van der Waals surface area (Å²) in [5.74, 6) is 0.963. The van der Waals surface area contributed by atoms with Crippen LogP contribution in [0, 0.1) is 6.92 Å². The van der Waals surface area contributed by atoms with E-state index >= 15 is 0 Å². The SMILES string of the molecule is COc1ccc(CCNC(=O)CN(c2ccc(OC)cc2)S(=O)(=O)c2ccc(C)cc2)cc1. The average molecular weight is 469 g/mol. The molecule has 0 atom stereocenters. The Kier molecular flexibility index (Phi) is 7.95. The lowest BCUT2D eigenvalue weighted by Crippen LogP contribution is -2.41. The maximum Gasteiger partial charge on any atom is 0.264 e. The lowest BCUT2D eigenvalue weighted by molar-refractivity contribution is -0.119. The molecular weight excluding hydrogens is 440 g/mol. The van der Waals surface area contributed by atoms with Gasteiger partial charge in [-0.15, -0.1) is 0 Å². The summed E-state index contributed by atoms with van der Waals surface area (Å²) in [5.41, 5.74) is 2.36. The van der Waals surface area contributed by atoms with Crippen molar-refractivity contribution in [1.82, 2.24) is 5.32 Å². The Hall–Kier alpha value is -3.52. The smallest absolute Gasteiger partial charge is 0.264 e. The third kappa shape index (κ3) is 6.26. The predicted octanol–water partition coefficient (Wildman–Crippen LogP) is 3.57. The first kappa shape index (κ1) is 24.1. The van der Waals surface area contributed by atoms with Gasteiger partial charge < -0.3 is 14.8 Å². The summed E-state index contributed by atoms with van der Waals surface area (Å²) in [7, 11) is -0.813. The van der Waals surface area contributed by atoms with Gasteiger partial charge in [-0.3, -0.25) is 9.10 Å². The summed E-state index contributed by atoms with van der Waals surface area (Å²) in [6, 6.07) is 20.7. The number of methoxy groups -OCH3 is 2. The van der Waals surface area contributed by atoms with Crippen LogP contribution in [0.25, 0.3) is 0 Å². The summed E-state index contributed by atoms with van der Waals surface area (Å²) < 4.78 is 38.2. The average Bonchev–Trinajstić information content (AvgIpc) is 2.83. The molecule has 0 aliphatic rings. The molecule has 33 heavy (non-hydrogen) atoms. The van der Waals surface area contributed by atoms with Crippen LogP contribution in [0.5, 0.6) is 11.5 Å². The second-order valence-electron chi connectivity index (χ2n) is 7.47. The van der Waals surface area contributed by atoms with Crippen molar-refractivity contribution in [3.8, 4) is 11.5 Å². The minimum atomic E-state index is -3.95. The number of carbonyl (C=O) groups excluding carboxylic acids is 1. The summed E-state index contributed by atoms with van der Waals surface area (Å²) in [6.07, 6.45) is 0.614. The van der Waals surface area contributed by atoms with E-state index in [1.165, 1.54) is 7.11 Å². The quantitative estimate of drug-likeness (QED) is 0.492. The fraction of sp³-hybridized carbons (Fsp3) is 0.240. The number of ether oxygens (including phenoxy) is 2. The number of nitrogens with one attached hydrogen (secondary N) is 1. The number of hydrogen-bond donors (Lipinski definition) is 1. The molecule has 8 heteroatoms. The summed E-state index contributed by atoms with van der Waals surface area (Å²) >= 11 is 0. The fourth-order valence-electron chi connectivity index (χ4n) is 3.23. The van der Waals surface area contributed by atoms with Crippen LogP contribution in [0.4, 0.5) is 5.69 Å². The molecule has 3 aromatic carbocycles. The van der Waals surface area contributed by atoms with Gasteiger partial charge in [0.2, 0.25) is 5.91 Å². The zero-order valence-corrected chi connectivity index (χ0v) is 19.8. The van der Waals surface area contributed by atoms with Gasteiger partial charge in [0.05, 0.1) is 24.8 Å². The molecule has 174 valence electrons. The minimum absolute atomic E-state index is 0.120. The molecule has 0 spiro atoms. The highest BCUT2D eigenvalue weighted by atomic mass is 32.2. The monoisotopic (exact) mass is 468 g/mol. The van der Waals surface area contributed by atoms with Crippen molar-refractivity contribution < 1.29 is 22.7 Å². The maximum absolute atomic E-state index is 13.4. The normalized spacial score (nSPS) is 11.0. The second kappa shape index (κ2) is 10.9. The molecule has 0 heterocycles. The van der Waals surface area contributed by atoms with Crippen molar-refractivity contribution in [2.45, 2.75) is 18.2 Å². The van der Waals surface area contributed by atoms with Crippen LogP contribution < -0.4 is 19.1 Å². The van der Waals surface area contributed by atoms with Crippen LogP contribution in [0.3, 0.4) is 0 Å². The van der Waals surface area contributed by atoms with Crippen molar-refractivity contribution in [2.75, 3.05) is 31.6 Å². The van der Waals surface area contributed by atoms with E-state index in [1.54, 1.807) is 55.6 Å². The molecule has 0 aliphatic heterocycles. The first-order chi connectivity index (χ1) is 15.8. The van der Waals surface area contributed by atoms with Gasteiger partial charge in [0.1, 0.15) is 18.0 Å². The Morgan fingerprint density at radius 3 is 1.94 bits per heavy atom. The zero-order valence-electron chi connectivity index (χ0n) is 18.9. The zero-order chi connectivity index (χ0) is 23.8. The van der Waals surface area contributed by atoms with E-state index in [4.69, 9.17) is 9.47 Å². The fourth-order valence-corrected chi connectivity index (χ4v) is 4.65. The van der Waals surface area contributed by atoms with E-state index in [0.717, 1.165) is 21.2 Å². The van der Waals surface area contributed by atoms with Gasteiger partial charge in [0, 0.05) is 6.54 Å². The van der Waals surface area contributed by atoms with E-state index in [1.807, 2.05) is 31.2 Å². The number of sulfonamides is 1. The highest BCUT2D eigenvalue weighted by molar-refractivity contribution is 7.92. The summed E-state index contributed by atoms with van der Waals surface area (Å²) in [4.78, 5) is 12.8. The van der Waals surface area contributed by atoms with E-state index in [9.17, 15) is 13.2 Å².